The molecule has 1 N–H and O–H groups in total. The number of halogens is 1. The summed E-state index contributed by atoms with van der Waals surface area (Å²) in [6.45, 7) is 4.14. The zero-order valence-corrected chi connectivity index (χ0v) is 10.4. The molecule has 1 aromatic rings. The van der Waals surface area contributed by atoms with Gasteiger partial charge < -0.3 is 10.1 Å². The quantitative estimate of drug-likeness (QED) is 0.775. The Morgan fingerprint density at radius 1 is 1.53 bits per heavy atom. The molecule has 0 saturated heterocycles. The molecule has 0 fully saturated rings. The molecule has 3 nitrogen and oxygen atoms in total. The lowest BCUT2D eigenvalue weighted by molar-refractivity contribution is 0.0983. The van der Waals surface area contributed by atoms with Crippen LogP contribution < -0.4 is 10.1 Å². The normalized spacial score (nSPS) is 12.2. The van der Waals surface area contributed by atoms with Crippen molar-refractivity contribution < 1.29 is 13.9 Å². The van der Waals surface area contributed by atoms with Gasteiger partial charge in [-0.15, -0.1) is 0 Å². The van der Waals surface area contributed by atoms with Crippen LogP contribution in [0.15, 0.2) is 18.2 Å². The lowest BCUT2D eigenvalue weighted by atomic mass is 10.1. The van der Waals surface area contributed by atoms with E-state index in [4.69, 9.17) is 4.74 Å². The predicted molar refractivity (Wildman–Crippen MR) is 65.0 cm³/mol. The largest absolute Gasteiger partial charge is 0.494 e. The van der Waals surface area contributed by atoms with E-state index in [1.807, 2.05) is 13.8 Å². The predicted octanol–water partition coefficient (Wildman–Crippen LogP) is 2.41. The van der Waals surface area contributed by atoms with Gasteiger partial charge in [0.1, 0.15) is 0 Å². The van der Waals surface area contributed by atoms with Crippen molar-refractivity contribution >= 4 is 5.78 Å². The number of methoxy groups -OCH3 is 1. The maximum absolute atomic E-state index is 13.8. The van der Waals surface area contributed by atoms with E-state index in [1.54, 1.807) is 6.07 Å². The molecule has 0 bridgehead atoms. The number of carbonyl (C=O) groups is 1. The Labute approximate surface area is 101 Å². The van der Waals surface area contributed by atoms with Crippen LogP contribution in [0.5, 0.6) is 5.75 Å². The molecule has 17 heavy (non-hydrogen) atoms. The minimum atomic E-state index is -0.592. The number of ether oxygens (including phenoxy) is 1. The molecule has 0 heterocycles. The van der Waals surface area contributed by atoms with Crippen LogP contribution in [0, 0.1) is 5.82 Å². The first-order valence-electron chi connectivity index (χ1n) is 5.69. The van der Waals surface area contributed by atoms with Gasteiger partial charge in [-0.3, -0.25) is 4.79 Å². The third kappa shape index (κ3) is 3.53. The maximum Gasteiger partial charge on any atom is 0.179 e. The Morgan fingerprint density at radius 3 is 2.82 bits per heavy atom. The molecule has 4 heteroatoms. The first kappa shape index (κ1) is 13.6. The van der Waals surface area contributed by atoms with E-state index in [9.17, 15) is 9.18 Å². The van der Waals surface area contributed by atoms with Crippen molar-refractivity contribution in [2.75, 3.05) is 13.7 Å². The minimum absolute atomic E-state index is 0.0696. The Bertz CT molecular complexity index is 393. The molecule has 0 aliphatic carbocycles. The van der Waals surface area contributed by atoms with E-state index >= 15 is 0 Å². The van der Waals surface area contributed by atoms with E-state index in [0.29, 0.717) is 0 Å². The van der Waals surface area contributed by atoms with Gasteiger partial charge in [0.15, 0.2) is 17.3 Å². The summed E-state index contributed by atoms with van der Waals surface area (Å²) in [5, 5.41) is 3.04. The molecule has 0 aromatic heterocycles. The second-order valence-electron chi connectivity index (χ2n) is 3.94. The number of Topliss-reactive ketones (excluding diaryl/α,β-unsaturated/α-hetero) is 1. The average molecular weight is 239 g/mol. The highest BCUT2D eigenvalue weighted by Crippen LogP contribution is 2.20. The number of hydrogen-bond acceptors (Lipinski definition) is 3. The smallest absolute Gasteiger partial charge is 0.179 e. The number of benzene rings is 1. The lowest BCUT2D eigenvalue weighted by Crippen LogP contribution is -2.31. The molecule has 94 valence electrons. The Kier molecular flexibility index (Phi) is 5.10. The van der Waals surface area contributed by atoms with Gasteiger partial charge in [0.25, 0.3) is 0 Å². The van der Waals surface area contributed by atoms with Crippen LogP contribution in [-0.4, -0.2) is 25.5 Å². The van der Waals surface area contributed by atoms with Crippen molar-refractivity contribution in [2.24, 2.45) is 0 Å². The third-order valence-electron chi connectivity index (χ3n) is 2.71. The summed E-state index contributed by atoms with van der Waals surface area (Å²) in [6.07, 6.45) is 0.924. The second kappa shape index (κ2) is 6.35. The van der Waals surface area contributed by atoms with Crippen LogP contribution in [0.2, 0.25) is 0 Å². The van der Waals surface area contributed by atoms with Gasteiger partial charge in [-0.2, -0.15) is 0 Å². The zero-order valence-electron chi connectivity index (χ0n) is 10.4. The molecule has 0 spiro atoms. The van der Waals surface area contributed by atoms with Crippen molar-refractivity contribution in [1.29, 1.82) is 0 Å². The van der Waals surface area contributed by atoms with Crippen molar-refractivity contribution in [3.8, 4) is 5.75 Å². The maximum atomic E-state index is 13.8. The Hall–Kier alpha value is -1.42. The number of hydrogen-bond donors (Lipinski definition) is 1. The van der Waals surface area contributed by atoms with Crippen molar-refractivity contribution in [2.45, 2.75) is 26.3 Å². The van der Waals surface area contributed by atoms with Gasteiger partial charge in [0.05, 0.1) is 19.2 Å². The average Bonchev–Trinajstić information content (AvgIpc) is 2.35. The fraction of sp³-hybridized carbons (Fsp3) is 0.462. The van der Waals surface area contributed by atoms with E-state index in [2.05, 4.69) is 5.32 Å². The summed E-state index contributed by atoms with van der Waals surface area (Å²) in [4.78, 5) is 11.8. The summed E-state index contributed by atoms with van der Waals surface area (Å²) in [7, 11) is 1.38. The molecule has 0 aliphatic heterocycles. The van der Waals surface area contributed by atoms with Crippen LogP contribution in [0.4, 0.5) is 4.39 Å². The van der Waals surface area contributed by atoms with E-state index < -0.39 is 5.82 Å². The van der Waals surface area contributed by atoms with Crippen LogP contribution in [0.3, 0.4) is 0 Å². The SMILES string of the molecule is CCC(C)NCC(=O)c1cccc(OC)c1F. The van der Waals surface area contributed by atoms with Crippen molar-refractivity contribution in [1.82, 2.24) is 5.32 Å². The second-order valence-corrected chi connectivity index (χ2v) is 3.94. The molecule has 1 rings (SSSR count). The molecule has 1 aromatic carbocycles. The van der Waals surface area contributed by atoms with Gasteiger partial charge in [0, 0.05) is 6.04 Å². The highest BCUT2D eigenvalue weighted by atomic mass is 19.1. The molecule has 0 aliphatic rings. The van der Waals surface area contributed by atoms with E-state index in [0.717, 1.165) is 6.42 Å². The monoisotopic (exact) mass is 239 g/mol. The van der Waals surface area contributed by atoms with Gasteiger partial charge >= 0.3 is 0 Å². The summed E-state index contributed by atoms with van der Waals surface area (Å²) in [6, 6.07) is 4.82. The molecule has 1 unspecified atom stereocenters. The highest BCUT2D eigenvalue weighted by molar-refractivity contribution is 5.98. The van der Waals surface area contributed by atoms with Crippen molar-refractivity contribution in [3.05, 3.63) is 29.6 Å². The minimum Gasteiger partial charge on any atom is -0.494 e. The van der Waals surface area contributed by atoms with Gasteiger partial charge in [-0.1, -0.05) is 13.0 Å². The summed E-state index contributed by atoms with van der Waals surface area (Å²) < 4.78 is 18.6. The topological polar surface area (TPSA) is 38.3 Å². The zero-order chi connectivity index (χ0) is 12.8. The third-order valence-corrected chi connectivity index (χ3v) is 2.71. The number of carbonyl (C=O) groups excluding carboxylic acids is 1. The number of ketones is 1. The fourth-order valence-electron chi connectivity index (χ4n) is 1.39. The Morgan fingerprint density at radius 2 is 2.24 bits per heavy atom. The van der Waals surface area contributed by atoms with Crippen LogP contribution in [0.25, 0.3) is 0 Å². The van der Waals surface area contributed by atoms with E-state index in [-0.39, 0.29) is 29.7 Å². The van der Waals surface area contributed by atoms with Crippen LogP contribution in [0.1, 0.15) is 30.6 Å². The molecular weight excluding hydrogens is 221 g/mol. The first-order valence-corrected chi connectivity index (χ1v) is 5.69. The lowest BCUT2D eigenvalue weighted by Gasteiger charge is -2.11. The van der Waals surface area contributed by atoms with Crippen LogP contribution in [-0.2, 0) is 0 Å². The highest BCUT2D eigenvalue weighted by Gasteiger charge is 2.15. The number of rotatable bonds is 6. The van der Waals surface area contributed by atoms with Gasteiger partial charge in [0.2, 0.25) is 0 Å². The van der Waals surface area contributed by atoms with Crippen molar-refractivity contribution in [3.63, 3.8) is 0 Å². The molecular formula is C13H18FNO2. The summed E-state index contributed by atoms with van der Waals surface area (Å²) >= 11 is 0. The molecule has 0 radical (unpaired) electrons. The van der Waals surface area contributed by atoms with Crippen LogP contribution >= 0.6 is 0 Å². The first-order chi connectivity index (χ1) is 8.10. The summed E-state index contributed by atoms with van der Waals surface area (Å²) in [5.41, 5.74) is 0.0696. The summed E-state index contributed by atoms with van der Waals surface area (Å²) in [5.74, 6) is -0.757. The fourth-order valence-corrected chi connectivity index (χ4v) is 1.39. The standard InChI is InChI=1S/C13H18FNO2/c1-4-9(2)15-8-11(16)10-6-5-7-12(17-3)13(10)14/h5-7,9,15H,4,8H2,1-3H3. The van der Waals surface area contributed by atoms with Gasteiger partial charge in [-0.05, 0) is 25.5 Å². The number of nitrogens with one attached hydrogen (secondary N) is 1. The van der Waals surface area contributed by atoms with E-state index in [1.165, 1.54) is 19.2 Å². The van der Waals surface area contributed by atoms with Gasteiger partial charge in [-0.25, -0.2) is 4.39 Å². The Balaban J connectivity index is 2.75. The molecule has 0 saturated carbocycles. The molecule has 0 amide bonds. The molecule has 1 atom stereocenters.